The molecule has 0 N–H and O–H groups in total. The van der Waals surface area contributed by atoms with Gasteiger partial charge in [0.05, 0.1) is 17.9 Å². The Balaban J connectivity index is 1.98. The number of pyridine rings is 1. The number of aromatic nitrogens is 1. The first-order chi connectivity index (χ1) is 8.72. The molecule has 1 aliphatic rings. The molecule has 0 unspecified atom stereocenters. The Bertz CT molecular complexity index is 417. The molecule has 1 amide bonds. The summed E-state index contributed by atoms with van der Waals surface area (Å²) in [6.45, 7) is 3.89. The lowest BCUT2D eigenvalue weighted by Crippen LogP contribution is -2.41. The molecule has 0 spiro atoms. The number of hydrogen-bond donors (Lipinski definition) is 0. The van der Waals surface area contributed by atoms with Gasteiger partial charge in [0.25, 0.3) is 5.91 Å². The Kier molecular flexibility index (Phi) is 4.25. The van der Waals surface area contributed by atoms with E-state index in [-0.39, 0.29) is 17.6 Å². The monoisotopic (exact) mass is 252 g/mol. The number of piperidine rings is 1. The topological polar surface area (TPSA) is 42.4 Å². The molecule has 4 nitrogen and oxygen atoms in total. The second-order valence-electron chi connectivity index (χ2n) is 4.30. The van der Waals surface area contributed by atoms with Crippen LogP contribution in [0.3, 0.4) is 0 Å². The number of amides is 1. The van der Waals surface area contributed by atoms with Gasteiger partial charge in [-0.25, -0.2) is 4.39 Å². The van der Waals surface area contributed by atoms with Crippen molar-refractivity contribution in [2.45, 2.75) is 25.9 Å². The third kappa shape index (κ3) is 2.85. The van der Waals surface area contributed by atoms with Crippen molar-refractivity contribution in [2.24, 2.45) is 0 Å². The van der Waals surface area contributed by atoms with Crippen molar-refractivity contribution >= 4 is 5.91 Å². The molecule has 5 heteroatoms. The van der Waals surface area contributed by atoms with E-state index in [4.69, 9.17) is 4.74 Å². The van der Waals surface area contributed by atoms with Gasteiger partial charge in [0.1, 0.15) is 0 Å². The summed E-state index contributed by atoms with van der Waals surface area (Å²) in [5.74, 6) is -0.820. The summed E-state index contributed by atoms with van der Waals surface area (Å²) in [5, 5.41) is 0. The number of likely N-dealkylation sites (tertiary alicyclic amines) is 1. The first kappa shape index (κ1) is 13.0. The van der Waals surface area contributed by atoms with Crippen LogP contribution in [0.5, 0.6) is 0 Å². The summed E-state index contributed by atoms with van der Waals surface area (Å²) >= 11 is 0. The molecule has 1 aromatic heterocycles. The zero-order chi connectivity index (χ0) is 13.0. The minimum Gasteiger partial charge on any atom is -0.378 e. The highest BCUT2D eigenvalue weighted by molar-refractivity contribution is 5.94. The van der Waals surface area contributed by atoms with Crippen molar-refractivity contribution in [1.29, 1.82) is 0 Å². The Morgan fingerprint density at radius 2 is 2.28 bits per heavy atom. The van der Waals surface area contributed by atoms with Gasteiger partial charge in [0.2, 0.25) is 0 Å². The SMILES string of the molecule is CCOC1CCN(C(=O)c2ccncc2F)CC1. The summed E-state index contributed by atoms with van der Waals surface area (Å²) in [5.41, 5.74) is 0.0971. The average molecular weight is 252 g/mol. The zero-order valence-electron chi connectivity index (χ0n) is 10.4. The minimum atomic E-state index is -0.561. The van der Waals surface area contributed by atoms with E-state index in [9.17, 15) is 9.18 Å². The molecule has 1 aliphatic heterocycles. The van der Waals surface area contributed by atoms with Crippen LogP contribution in [-0.2, 0) is 4.74 Å². The number of carbonyl (C=O) groups excluding carboxylic acids is 1. The fraction of sp³-hybridized carbons (Fsp3) is 0.538. The van der Waals surface area contributed by atoms with Crippen LogP contribution in [0, 0.1) is 5.82 Å². The first-order valence-corrected chi connectivity index (χ1v) is 6.22. The molecular formula is C13H17FN2O2. The fourth-order valence-corrected chi connectivity index (χ4v) is 2.18. The van der Waals surface area contributed by atoms with Gasteiger partial charge in [-0.2, -0.15) is 0 Å². The highest BCUT2D eigenvalue weighted by Gasteiger charge is 2.25. The van der Waals surface area contributed by atoms with E-state index in [1.54, 1.807) is 4.90 Å². The number of hydrogen-bond acceptors (Lipinski definition) is 3. The fourth-order valence-electron chi connectivity index (χ4n) is 2.18. The molecule has 0 aliphatic carbocycles. The quantitative estimate of drug-likeness (QED) is 0.824. The number of nitrogens with zero attached hydrogens (tertiary/aromatic N) is 2. The predicted octanol–water partition coefficient (Wildman–Crippen LogP) is 1.86. The number of carbonyl (C=O) groups is 1. The number of halogens is 1. The van der Waals surface area contributed by atoms with E-state index in [0.717, 1.165) is 19.0 Å². The van der Waals surface area contributed by atoms with Crippen LogP contribution in [-0.4, -0.2) is 41.6 Å². The van der Waals surface area contributed by atoms with Gasteiger partial charge in [0, 0.05) is 25.9 Å². The van der Waals surface area contributed by atoms with Crippen LogP contribution in [0.2, 0.25) is 0 Å². The van der Waals surface area contributed by atoms with Crippen molar-refractivity contribution in [2.75, 3.05) is 19.7 Å². The summed E-state index contributed by atoms with van der Waals surface area (Å²) in [6, 6.07) is 1.42. The highest BCUT2D eigenvalue weighted by atomic mass is 19.1. The Morgan fingerprint density at radius 3 is 2.89 bits per heavy atom. The molecule has 0 radical (unpaired) electrons. The summed E-state index contributed by atoms with van der Waals surface area (Å²) in [4.78, 5) is 17.4. The molecular weight excluding hydrogens is 235 g/mol. The largest absolute Gasteiger partial charge is 0.378 e. The van der Waals surface area contributed by atoms with E-state index >= 15 is 0 Å². The predicted molar refractivity (Wildman–Crippen MR) is 64.7 cm³/mol. The number of rotatable bonds is 3. The minimum absolute atomic E-state index is 0.0971. The zero-order valence-corrected chi connectivity index (χ0v) is 10.4. The van der Waals surface area contributed by atoms with Gasteiger partial charge < -0.3 is 9.64 Å². The van der Waals surface area contributed by atoms with Gasteiger partial charge in [0.15, 0.2) is 5.82 Å². The molecule has 2 rings (SSSR count). The first-order valence-electron chi connectivity index (χ1n) is 6.22. The van der Waals surface area contributed by atoms with Crippen molar-refractivity contribution in [3.8, 4) is 0 Å². The second kappa shape index (κ2) is 5.91. The van der Waals surface area contributed by atoms with Gasteiger partial charge in [-0.3, -0.25) is 9.78 Å². The normalized spacial score (nSPS) is 16.9. The lowest BCUT2D eigenvalue weighted by Gasteiger charge is -2.31. The van der Waals surface area contributed by atoms with Gasteiger partial charge in [-0.15, -0.1) is 0 Å². The molecule has 0 aromatic carbocycles. The van der Waals surface area contributed by atoms with Gasteiger partial charge >= 0.3 is 0 Å². The third-order valence-corrected chi connectivity index (χ3v) is 3.13. The van der Waals surface area contributed by atoms with E-state index < -0.39 is 5.82 Å². The van der Waals surface area contributed by atoms with Crippen LogP contribution in [0.1, 0.15) is 30.1 Å². The van der Waals surface area contributed by atoms with Crippen molar-refractivity contribution in [3.05, 3.63) is 29.8 Å². The maximum Gasteiger partial charge on any atom is 0.256 e. The van der Waals surface area contributed by atoms with Crippen LogP contribution in [0.25, 0.3) is 0 Å². The Labute approximate surface area is 106 Å². The third-order valence-electron chi connectivity index (χ3n) is 3.13. The Hall–Kier alpha value is -1.49. The summed E-state index contributed by atoms with van der Waals surface area (Å²) in [6.07, 6.45) is 4.35. The maximum atomic E-state index is 13.5. The van der Waals surface area contributed by atoms with Crippen LogP contribution >= 0.6 is 0 Å². The smallest absolute Gasteiger partial charge is 0.256 e. The molecule has 1 fully saturated rings. The van der Waals surface area contributed by atoms with E-state index in [1.807, 2.05) is 6.92 Å². The van der Waals surface area contributed by atoms with Gasteiger partial charge in [-0.1, -0.05) is 0 Å². The molecule has 2 heterocycles. The second-order valence-corrected chi connectivity index (χ2v) is 4.30. The van der Waals surface area contributed by atoms with E-state index in [0.29, 0.717) is 19.7 Å². The molecule has 0 atom stereocenters. The van der Waals surface area contributed by atoms with Crippen molar-refractivity contribution in [3.63, 3.8) is 0 Å². The lowest BCUT2D eigenvalue weighted by atomic mass is 10.1. The molecule has 0 bridgehead atoms. The Morgan fingerprint density at radius 1 is 1.56 bits per heavy atom. The molecule has 0 saturated carbocycles. The standard InChI is InChI=1S/C13H17FN2O2/c1-2-18-10-4-7-16(8-5-10)13(17)11-3-6-15-9-12(11)14/h3,6,9-10H,2,4-5,7-8H2,1H3. The van der Waals surface area contributed by atoms with Crippen LogP contribution in [0.15, 0.2) is 18.5 Å². The highest BCUT2D eigenvalue weighted by Crippen LogP contribution is 2.17. The van der Waals surface area contributed by atoms with E-state index in [1.165, 1.54) is 12.3 Å². The van der Waals surface area contributed by atoms with Crippen molar-refractivity contribution < 1.29 is 13.9 Å². The van der Waals surface area contributed by atoms with E-state index in [2.05, 4.69) is 4.98 Å². The number of ether oxygens (including phenoxy) is 1. The summed E-state index contributed by atoms with van der Waals surface area (Å²) in [7, 11) is 0. The van der Waals surface area contributed by atoms with Crippen LogP contribution < -0.4 is 0 Å². The maximum absolute atomic E-state index is 13.5. The lowest BCUT2D eigenvalue weighted by molar-refractivity contribution is 0.0144. The average Bonchev–Trinajstić information content (AvgIpc) is 2.40. The summed E-state index contributed by atoms with van der Waals surface area (Å²) < 4.78 is 19.0. The van der Waals surface area contributed by atoms with Gasteiger partial charge in [-0.05, 0) is 25.8 Å². The molecule has 1 aromatic rings. The van der Waals surface area contributed by atoms with Crippen molar-refractivity contribution in [1.82, 2.24) is 9.88 Å². The molecule has 18 heavy (non-hydrogen) atoms. The molecule has 98 valence electrons. The molecule has 1 saturated heterocycles. The van der Waals surface area contributed by atoms with Crippen LogP contribution in [0.4, 0.5) is 4.39 Å².